The summed E-state index contributed by atoms with van der Waals surface area (Å²) in [5.41, 5.74) is 5.43. The standard InChI is InChI=1S/C18H25F3N2O/c1-12(15-5-3-4-6-16(15)18(19,20)21)11-17(24)23-9-7-14(8-10-23)13(2)22/h3-6,12-14H,7-11,22H2,1-2H3. The molecule has 2 unspecified atom stereocenters. The number of likely N-dealkylation sites (tertiary alicyclic amines) is 1. The minimum atomic E-state index is -4.40. The third kappa shape index (κ3) is 4.50. The minimum absolute atomic E-state index is 0.0809. The molecular formula is C18H25F3N2O. The van der Waals surface area contributed by atoms with E-state index in [1.165, 1.54) is 12.1 Å². The van der Waals surface area contributed by atoms with Crippen LogP contribution < -0.4 is 5.73 Å². The van der Waals surface area contributed by atoms with E-state index in [9.17, 15) is 18.0 Å². The average molecular weight is 342 g/mol. The summed E-state index contributed by atoms with van der Waals surface area (Å²) < 4.78 is 39.3. The molecule has 1 aliphatic heterocycles. The Morgan fingerprint density at radius 1 is 1.25 bits per heavy atom. The lowest BCUT2D eigenvalue weighted by Crippen LogP contribution is -2.42. The van der Waals surface area contributed by atoms with Gasteiger partial charge in [-0.05, 0) is 43.2 Å². The van der Waals surface area contributed by atoms with Gasteiger partial charge in [-0.3, -0.25) is 4.79 Å². The number of hydrogen-bond acceptors (Lipinski definition) is 2. The Morgan fingerprint density at radius 2 is 1.83 bits per heavy atom. The third-order valence-electron chi connectivity index (χ3n) is 4.91. The molecule has 1 fully saturated rings. The quantitative estimate of drug-likeness (QED) is 0.905. The first-order valence-corrected chi connectivity index (χ1v) is 8.39. The van der Waals surface area contributed by atoms with Crippen molar-refractivity contribution in [2.45, 2.75) is 51.2 Å². The highest BCUT2D eigenvalue weighted by atomic mass is 19.4. The van der Waals surface area contributed by atoms with Gasteiger partial charge in [-0.15, -0.1) is 0 Å². The van der Waals surface area contributed by atoms with Gasteiger partial charge in [0.25, 0.3) is 0 Å². The molecule has 2 rings (SSSR count). The number of carbonyl (C=O) groups is 1. The number of nitrogens with zero attached hydrogens (tertiary/aromatic N) is 1. The maximum absolute atomic E-state index is 13.1. The summed E-state index contributed by atoms with van der Waals surface area (Å²) in [5, 5.41) is 0. The van der Waals surface area contributed by atoms with Gasteiger partial charge in [0.1, 0.15) is 0 Å². The highest BCUT2D eigenvalue weighted by Crippen LogP contribution is 2.36. The maximum Gasteiger partial charge on any atom is 0.416 e. The second-order valence-corrected chi connectivity index (χ2v) is 6.77. The van der Waals surface area contributed by atoms with Crippen LogP contribution in [0.15, 0.2) is 24.3 Å². The monoisotopic (exact) mass is 342 g/mol. The molecule has 2 atom stereocenters. The zero-order valence-corrected chi connectivity index (χ0v) is 14.1. The van der Waals surface area contributed by atoms with E-state index >= 15 is 0 Å². The van der Waals surface area contributed by atoms with Gasteiger partial charge in [0, 0.05) is 25.6 Å². The van der Waals surface area contributed by atoms with Crippen LogP contribution in [0.1, 0.15) is 50.2 Å². The molecule has 0 saturated carbocycles. The van der Waals surface area contributed by atoms with E-state index in [0.29, 0.717) is 19.0 Å². The number of piperidine rings is 1. The van der Waals surface area contributed by atoms with Gasteiger partial charge in [-0.25, -0.2) is 0 Å². The molecule has 1 saturated heterocycles. The number of hydrogen-bond donors (Lipinski definition) is 1. The van der Waals surface area contributed by atoms with Gasteiger partial charge >= 0.3 is 6.18 Å². The summed E-state index contributed by atoms with van der Waals surface area (Å²) in [4.78, 5) is 14.2. The molecule has 1 amide bonds. The Hall–Kier alpha value is -1.56. The molecule has 3 nitrogen and oxygen atoms in total. The van der Waals surface area contributed by atoms with E-state index in [2.05, 4.69) is 0 Å². The first kappa shape index (κ1) is 18.8. The molecule has 2 N–H and O–H groups in total. The maximum atomic E-state index is 13.1. The highest BCUT2D eigenvalue weighted by molar-refractivity contribution is 5.77. The fourth-order valence-corrected chi connectivity index (χ4v) is 3.36. The Kier molecular flexibility index (Phi) is 5.91. The molecule has 0 bridgehead atoms. The Morgan fingerprint density at radius 3 is 2.38 bits per heavy atom. The van der Waals surface area contributed by atoms with Gasteiger partial charge in [0.15, 0.2) is 0 Å². The van der Waals surface area contributed by atoms with Crippen molar-refractivity contribution in [1.29, 1.82) is 0 Å². The summed E-state index contributed by atoms with van der Waals surface area (Å²) in [5.74, 6) is -0.137. The zero-order chi connectivity index (χ0) is 17.9. The second-order valence-electron chi connectivity index (χ2n) is 6.77. The first-order valence-electron chi connectivity index (χ1n) is 8.39. The van der Waals surface area contributed by atoms with E-state index in [-0.39, 0.29) is 23.9 Å². The van der Waals surface area contributed by atoms with Crippen molar-refractivity contribution in [1.82, 2.24) is 4.90 Å². The van der Waals surface area contributed by atoms with E-state index in [0.717, 1.165) is 18.9 Å². The van der Waals surface area contributed by atoms with Crippen molar-refractivity contribution in [2.75, 3.05) is 13.1 Å². The molecule has 0 aliphatic carbocycles. The van der Waals surface area contributed by atoms with Crippen molar-refractivity contribution in [3.8, 4) is 0 Å². The van der Waals surface area contributed by atoms with Crippen molar-refractivity contribution in [2.24, 2.45) is 11.7 Å². The molecule has 1 heterocycles. The van der Waals surface area contributed by atoms with Crippen LogP contribution in [0.25, 0.3) is 0 Å². The van der Waals surface area contributed by atoms with Gasteiger partial charge in [-0.1, -0.05) is 25.1 Å². The fraction of sp³-hybridized carbons (Fsp3) is 0.611. The van der Waals surface area contributed by atoms with Gasteiger partial charge in [-0.2, -0.15) is 13.2 Å². The van der Waals surface area contributed by atoms with E-state index < -0.39 is 17.7 Å². The third-order valence-corrected chi connectivity index (χ3v) is 4.91. The van der Waals surface area contributed by atoms with Crippen LogP contribution in [-0.4, -0.2) is 29.9 Å². The molecule has 0 radical (unpaired) electrons. The largest absolute Gasteiger partial charge is 0.416 e. The molecule has 0 aromatic heterocycles. The van der Waals surface area contributed by atoms with Gasteiger partial charge in [0.2, 0.25) is 5.91 Å². The van der Waals surface area contributed by atoms with Gasteiger partial charge in [0.05, 0.1) is 5.56 Å². The topological polar surface area (TPSA) is 46.3 Å². The van der Waals surface area contributed by atoms with Crippen LogP contribution in [0.2, 0.25) is 0 Å². The molecule has 1 aliphatic rings. The van der Waals surface area contributed by atoms with Crippen LogP contribution in [0.4, 0.5) is 13.2 Å². The van der Waals surface area contributed by atoms with Crippen LogP contribution in [0, 0.1) is 5.92 Å². The number of amides is 1. The molecule has 6 heteroatoms. The lowest BCUT2D eigenvalue weighted by atomic mass is 9.89. The van der Waals surface area contributed by atoms with Crippen LogP contribution in [0.5, 0.6) is 0 Å². The summed E-state index contributed by atoms with van der Waals surface area (Å²) in [6.07, 6.45) is -2.59. The summed E-state index contributed by atoms with van der Waals surface area (Å²) >= 11 is 0. The zero-order valence-electron chi connectivity index (χ0n) is 14.1. The molecule has 1 aromatic carbocycles. The predicted molar refractivity (Wildman–Crippen MR) is 87.4 cm³/mol. The van der Waals surface area contributed by atoms with E-state index in [1.807, 2.05) is 6.92 Å². The number of benzene rings is 1. The van der Waals surface area contributed by atoms with E-state index in [1.54, 1.807) is 17.9 Å². The highest BCUT2D eigenvalue weighted by Gasteiger charge is 2.35. The fourth-order valence-electron chi connectivity index (χ4n) is 3.36. The van der Waals surface area contributed by atoms with Crippen molar-refractivity contribution >= 4 is 5.91 Å². The van der Waals surface area contributed by atoms with Crippen molar-refractivity contribution in [3.05, 3.63) is 35.4 Å². The summed E-state index contributed by atoms with van der Waals surface area (Å²) in [7, 11) is 0. The Labute approximate surface area is 141 Å². The van der Waals surface area contributed by atoms with Crippen LogP contribution in [0.3, 0.4) is 0 Å². The molecule has 0 spiro atoms. The summed E-state index contributed by atoms with van der Waals surface area (Å²) in [6.45, 7) is 4.92. The molecule has 134 valence electrons. The lowest BCUT2D eigenvalue weighted by molar-refractivity contribution is -0.139. The van der Waals surface area contributed by atoms with E-state index in [4.69, 9.17) is 5.73 Å². The average Bonchev–Trinajstić information content (AvgIpc) is 2.54. The Bertz CT molecular complexity index is 564. The normalized spacial score (nSPS) is 19.2. The number of nitrogens with two attached hydrogens (primary N) is 1. The molecular weight excluding hydrogens is 317 g/mol. The molecule has 1 aromatic rings. The number of carbonyl (C=O) groups excluding carboxylic acids is 1. The minimum Gasteiger partial charge on any atom is -0.343 e. The number of alkyl halides is 3. The van der Waals surface area contributed by atoms with Crippen LogP contribution in [-0.2, 0) is 11.0 Å². The lowest BCUT2D eigenvalue weighted by Gasteiger charge is -2.34. The summed E-state index contributed by atoms with van der Waals surface area (Å²) in [6, 6.07) is 5.60. The van der Waals surface area contributed by atoms with Crippen LogP contribution >= 0.6 is 0 Å². The molecule has 24 heavy (non-hydrogen) atoms. The number of halogens is 3. The smallest absolute Gasteiger partial charge is 0.343 e. The second kappa shape index (κ2) is 7.55. The van der Waals surface area contributed by atoms with Crippen molar-refractivity contribution in [3.63, 3.8) is 0 Å². The Balaban J connectivity index is 2.01. The SMILES string of the molecule is CC(CC(=O)N1CCC(C(C)N)CC1)c1ccccc1C(F)(F)F. The van der Waals surface area contributed by atoms with Gasteiger partial charge < -0.3 is 10.6 Å². The van der Waals surface area contributed by atoms with Crippen molar-refractivity contribution < 1.29 is 18.0 Å². The first-order chi connectivity index (χ1) is 11.2. The number of rotatable bonds is 4. The predicted octanol–water partition coefficient (Wildman–Crippen LogP) is 3.78.